The minimum absolute atomic E-state index is 0.189. The van der Waals surface area contributed by atoms with Gasteiger partial charge in [-0.1, -0.05) is 29.5 Å². The van der Waals surface area contributed by atoms with Crippen molar-refractivity contribution in [3.05, 3.63) is 35.2 Å². The zero-order valence-corrected chi connectivity index (χ0v) is 14.0. The van der Waals surface area contributed by atoms with Crippen molar-refractivity contribution in [1.29, 1.82) is 0 Å². The van der Waals surface area contributed by atoms with E-state index in [-0.39, 0.29) is 11.1 Å². The summed E-state index contributed by atoms with van der Waals surface area (Å²) in [5.41, 5.74) is 2.59. The first-order valence-electron chi connectivity index (χ1n) is 6.92. The van der Waals surface area contributed by atoms with Gasteiger partial charge in [-0.15, -0.1) is 10.2 Å². The van der Waals surface area contributed by atoms with E-state index in [1.54, 1.807) is 13.0 Å². The van der Waals surface area contributed by atoms with Crippen LogP contribution in [-0.2, 0) is 11.0 Å². The number of benzene rings is 1. The molecule has 0 spiro atoms. The maximum atomic E-state index is 12.6. The molecule has 6 nitrogen and oxygen atoms in total. The van der Waals surface area contributed by atoms with Crippen molar-refractivity contribution in [2.75, 3.05) is 11.2 Å². The Kier molecular flexibility index (Phi) is 5.07. The third-order valence-electron chi connectivity index (χ3n) is 3.21. The predicted molar refractivity (Wildman–Crippen MR) is 85.0 cm³/mol. The van der Waals surface area contributed by atoms with Crippen LogP contribution >= 0.6 is 11.8 Å². The molecule has 10 heteroatoms. The molecule has 0 fully saturated rings. The second kappa shape index (κ2) is 6.71. The van der Waals surface area contributed by atoms with Gasteiger partial charge in [0.1, 0.15) is 0 Å². The van der Waals surface area contributed by atoms with Crippen molar-refractivity contribution in [2.45, 2.75) is 37.4 Å². The summed E-state index contributed by atoms with van der Waals surface area (Å²) in [5.74, 6) is 3.67. The van der Waals surface area contributed by atoms with Crippen LogP contribution in [0.4, 0.5) is 18.9 Å². The molecule has 2 rings (SSSR count). The highest BCUT2D eigenvalue weighted by Crippen LogP contribution is 2.30. The second-order valence-corrected chi connectivity index (χ2v) is 6.55. The lowest BCUT2D eigenvalue weighted by Crippen LogP contribution is -2.25. The van der Waals surface area contributed by atoms with Gasteiger partial charge in [0.2, 0.25) is 11.1 Å². The van der Waals surface area contributed by atoms with Gasteiger partial charge in [0.05, 0.1) is 5.25 Å². The zero-order valence-electron chi connectivity index (χ0n) is 13.2. The number of aryl methyl sites for hydroxylation is 2. The number of hydrogen-bond acceptors (Lipinski definition) is 5. The van der Waals surface area contributed by atoms with E-state index < -0.39 is 17.3 Å². The van der Waals surface area contributed by atoms with Crippen LogP contribution in [0.3, 0.4) is 0 Å². The number of amides is 1. The molecule has 1 atom stereocenters. The van der Waals surface area contributed by atoms with Gasteiger partial charge in [-0.05, 0) is 32.4 Å². The summed E-state index contributed by atoms with van der Waals surface area (Å²) in [4.78, 5) is 12.2. The molecule has 1 aromatic heterocycles. The molecule has 0 saturated carbocycles. The standard InChI is InChI=1S/C14H16F3N5OS/c1-7-4-5-10(8(2)6-7)19-11(23)9(3)24-13-21-20-12(22(13)18)14(15,16)17/h4-6,9H,18H2,1-3H3,(H,19,23). The van der Waals surface area contributed by atoms with Gasteiger partial charge >= 0.3 is 6.18 Å². The minimum Gasteiger partial charge on any atom is -0.335 e. The molecule has 1 heterocycles. The molecule has 0 aliphatic heterocycles. The van der Waals surface area contributed by atoms with Crippen LogP contribution in [0.1, 0.15) is 23.9 Å². The van der Waals surface area contributed by atoms with Crippen molar-refractivity contribution < 1.29 is 18.0 Å². The van der Waals surface area contributed by atoms with Crippen LogP contribution in [0, 0.1) is 13.8 Å². The zero-order chi connectivity index (χ0) is 18.1. The predicted octanol–water partition coefficient (Wildman–Crippen LogP) is 2.75. The fraction of sp³-hybridized carbons (Fsp3) is 0.357. The number of halogens is 3. The Morgan fingerprint density at radius 1 is 1.33 bits per heavy atom. The van der Waals surface area contributed by atoms with E-state index in [0.29, 0.717) is 10.4 Å². The molecule has 130 valence electrons. The molecule has 1 aromatic carbocycles. The van der Waals surface area contributed by atoms with E-state index in [1.165, 1.54) is 0 Å². The maximum absolute atomic E-state index is 12.6. The highest BCUT2D eigenvalue weighted by atomic mass is 32.2. The van der Waals surface area contributed by atoms with Crippen LogP contribution < -0.4 is 11.2 Å². The van der Waals surface area contributed by atoms with Crippen molar-refractivity contribution in [3.8, 4) is 0 Å². The van der Waals surface area contributed by atoms with Gasteiger partial charge in [0.25, 0.3) is 5.82 Å². The normalized spacial score (nSPS) is 12.9. The van der Waals surface area contributed by atoms with Gasteiger partial charge in [0.15, 0.2) is 0 Å². The first-order chi connectivity index (χ1) is 11.1. The Hall–Kier alpha value is -2.23. The molecule has 24 heavy (non-hydrogen) atoms. The molecule has 0 saturated heterocycles. The van der Waals surface area contributed by atoms with Crippen LogP contribution in [0.15, 0.2) is 23.4 Å². The fourth-order valence-corrected chi connectivity index (χ4v) is 2.72. The average molecular weight is 359 g/mol. The van der Waals surface area contributed by atoms with Gasteiger partial charge in [0, 0.05) is 5.69 Å². The highest BCUT2D eigenvalue weighted by molar-refractivity contribution is 8.00. The summed E-state index contributed by atoms with van der Waals surface area (Å²) in [7, 11) is 0. The van der Waals surface area contributed by atoms with Gasteiger partial charge in [-0.25, -0.2) is 4.68 Å². The molecule has 1 unspecified atom stereocenters. The molecule has 3 N–H and O–H groups in total. The number of aromatic nitrogens is 3. The lowest BCUT2D eigenvalue weighted by molar-refractivity contribution is -0.146. The van der Waals surface area contributed by atoms with E-state index in [2.05, 4.69) is 15.5 Å². The molecule has 0 aliphatic carbocycles. The second-order valence-electron chi connectivity index (χ2n) is 5.24. The highest BCUT2D eigenvalue weighted by Gasteiger charge is 2.38. The number of carbonyl (C=O) groups is 1. The molecule has 0 radical (unpaired) electrons. The summed E-state index contributed by atoms with van der Waals surface area (Å²) < 4.78 is 38.2. The topological polar surface area (TPSA) is 85.8 Å². The van der Waals surface area contributed by atoms with Crippen molar-refractivity contribution in [1.82, 2.24) is 14.9 Å². The Bertz CT molecular complexity index is 759. The molecule has 0 bridgehead atoms. The summed E-state index contributed by atoms with van der Waals surface area (Å²) >= 11 is 0.796. The Balaban J connectivity index is 2.08. The maximum Gasteiger partial charge on any atom is 0.453 e. The Morgan fingerprint density at radius 3 is 2.54 bits per heavy atom. The van der Waals surface area contributed by atoms with Gasteiger partial charge in [-0.3, -0.25) is 4.79 Å². The van der Waals surface area contributed by atoms with Gasteiger partial charge in [-0.2, -0.15) is 13.2 Å². The number of rotatable bonds is 4. The van der Waals surface area contributed by atoms with Crippen molar-refractivity contribution in [2.24, 2.45) is 0 Å². The van der Waals surface area contributed by atoms with Crippen LogP contribution in [0.2, 0.25) is 0 Å². The lowest BCUT2D eigenvalue weighted by atomic mass is 10.1. The number of nitrogen functional groups attached to an aromatic ring is 1. The molecular formula is C14H16F3N5OS. The molecule has 0 aliphatic rings. The third kappa shape index (κ3) is 3.99. The number of nitrogens with two attached hydrogens (primary N) is 1. The van der Waals surface area contributed by atoms with Crippen LogP contribution in [-0.4, -0.2) is 26.0 Å². The SMILES string of the molecule is Cc1ccc(NC(=O)C(C)Sc2nnc(C(F)(F)F)n2N)c(C)c1. The largest absolute Gasteiger partial charge is 0.453 e. The lowest BCUT2D eigenvalue weighted by Gasteiger charge is -2.13. The summed E-state index contributed by atoms with van der Waals surface area (Å²) in [6.07, 6.45) is -4.70. The van der Waals surface area contributed by atoms with Crippen LogP contribution in [0.5, 0.6) is 0 Å². The van der Waals surface area contributed by atoms with E-state index in [4.69, 9.17) is 5.84 Å². The number of alkyl halides is 3. The number of thioether (sulfide) groups is 1. The van der Waals surface area contributed by atoms with E-state index >= 15 is 0 Å². The summed E-state index contributed by atoms with van der Waals surface area (Å²) in [6, 6.07) is 5.54. The smallest absolute Gasteiger partial charge is 0.335 e. The molecular weight excluding hydrogens is 343 g/mol. The summed E-state index contributed by atoms with van der Waals surface area (Å²) in [6.45, 7) is 5.33. The first-order valence-corrected chi connectivity index (χ1v) is 7.80. The van der Waals surface area contributed by atoms with E-state index in [1.807, 2.05) is 26.0 Å². The monoisotopic (exact) mass is 359 g/mol. The number of carbonyl (C=O) groups excluding carboxylic acids is 1. The Labute approximate surface area is 140 Å². The quantitative estimate of drug-likeness (QED) is 0.648. The van der Waals surface area contributed by atoms with Crippen molar-refractivity contribution >= 4 is 23.4 Å². The third-order valence-corrected chi connectivity index (χ3v) is 4.27. The summed E-state index contributed by atoms with van der Waals surface area (Å²) in [5, 5.41) is 8.24. The Morgan fingerprint density at radius 2 is 2.00 bits per heavy atom. The van der Waals surface area contributed by atoms with E-state index in [9.17, 15) is 18.0 Å². The number of nitrogens with one attached hydrogen (secondary N) is 1. The minimum atomic E-state index is -4.70. The van der Waals surface area contributed by atoms with Crippen molar-refractivity contribution in [3.63, 3.8) is 0 Å². The number of hydrogen-bond donors (Lipinski definition) is 2. The molecule has 1 amide bonds. The van der Waals surface area contributed by atoms with Crippen LogP contribution in [0.25, 0.3) is 0 Å². The van der Waals surface area contributed by atoms with E-state index in [0.717, 1.165) is 22.9 Å². The van der Waals surface area contributed by atoms with Gasteiger partial charge < -0.3 is 11.2 Å². The number of nitrogens with zero attached hydrogens (tertiary/aromatic N) is 3. The fourth-order valence-electron chi connectivity index (χ4n) is 1.95. The molecule has 2 aromatic rings. The first kappa shape index (κ1) is 18.1. The average Bonchev–Trinajstić information content (AvgIpc) is 2.83. The number of anilines is 1.